The summed E-state index contributed by atoms with van der Waals surface area (Å²) in [5.74, 6) is 1.24. The molecule has 1 aliphatic carbocycles. The largest absolute Gasteiger partial charge is 0.478 e. The molecule has 0 bridgehead atoms. The molecule has 0 spiro atoms. The molecule has 0 aliphatic heterocycles. The predicted octanol–water partition coefficient (Wildman–Crippen LogP) is 4.75. The van der Waals surface area contributed by atoms with Crippen molar-refractivity contribution < 1.29 is 19.4 Å². The molecule has 5 nitrogen and oxygen atoms in total. The van der Waals surface area contributed by atoms with E-state index in [9.17, 15) is 14.7 Å². The number of nitrogens with zero attached hydrogens (tertiary/aromatic N) is 1. The van der Waals surface area contributed by atoms with Gasteiger partial charge in [-0.15, -0.1) is 6.42 Å². The van der Waals surface area contributed by atoms with Gasteiger partial charge in [-0.3, -0.25) is 4.90 Å². The van der Waals surface area contributed by atoms with Gasteiger partial charge in [0.2, 0.25) is 0 Å². The first-order chi connectivity index (χ1) is 14.5. The van der Waals surface area contributed by atoms with E-state index >= 15 is 0 Å². The lowest BCUT2D eigenvalue weighted by atomic mass is 9.98. The van der Waals surface area contributed by atoms with Gasteiger partial charge in [0, 0.05) is 24.2 Å². The lowest BCUT2D eigenvalue weighted by Crippen LogP contribution is -2.28. The number of amides is 1. The first-order valence-electron chi connectivity index (χ1n) is 9.43. The Kier molecular flexibility index (Phi) is 4.99. The normalized spacial score (nSPS) is 11.9. The quantitative estimate of drug-likeness (QED) is 0.645. The lowest BCUT2D eigenvalue weighted by molar-refractivity contribution is 0.0696. The van der Waals surface area contributed by atoms with Gasteiger partial charge >= 0.3 is 12.1 Å². The second-order valence-corrected chi connectivity index (χ2v) is 7.08. The van der Waals surface area contributed by atoms with Crippen LogP contribution in [0.15, 0.2) is 66.7 Å². The Bertz CT molecular complexity index is 1150. The number of benzene rings is 3. The molecule has 4 rings (SSSR count). The highest BCUT2D eigenvalue weighted by Gasteiger charge is 2.29. The first-order valence-corrected chi connectivity index (χ1v) is 9.43. The molecule has 0 atom stereocenters. The topological polar surface area (TPSA) is 66.8 Å². The van der Waals surface area contributed by atoms with Crippen LogP contribution in [0.4, 0.5) is 10.5 Å². The van der Waals surface area contributed by atoms with Crippen molar-refractivity contribution in [3.63, 3.8) is 0 Å². The van der Waals surface area contributed by atoms with Crippen LogP contribution in [0.25, 0.3) is 11.1 Å². The van der Waals surface area contributed by atoms with Crippen LogP contribution >= 0.6 is 0 Å². The van der Waals surface area contributed by atoms with Gasteiger partial charge < -0.3 is 9.84 Å². The number of carboxylic acid groups (broad SMARTS) is 1. The molecule has 0 saturated heterocycles. The molecule has 3 aromatic rings. The lowest BCUT2D eigenvalue weighted by Gasteiger charge is -2.20. The number of carbonyl (C=O) groups excluding carboxylic acids is 1. The summed E-state index contributed by atoms with van der Waals surface area (Å²) in [4.78, 5) is 25.3. The van der Waals surface area contributed by atoms with Crippen molar-refractivity contribution in [2.24, 2.45) is 0 Å². The van der Waals surface area contributed by atoms with E-state index < -0.39 is 12.1 Å². The van der Waals surface area contributed by atoms with Gasteiger partial charge in [0.1, 0.15) is 6.61 Å². The number of ether oxygens (including phenoxy) is 1. The third-order valence-corrected chi connectivity index (χ3v) is 5.33. The van der Waals surface area contributed by atoms with E-state index in [-0.39, 0.29) is 18.1 Å². The molecular formula is C25H19NO4. The fourth-order valence-corrected chi connectivity index (χ4v) is 3.81. The number of hydrogen-bond acceptors (Lipinski definition) is 3. The minimum absolute atomic E-state index is 0.0127. The van der Waals surface area contributed by atoms with E-state index in [0.717, 1.165) is 22.3 Å². The standard InChI is InChI=1S/C25H19NO4/c1-3-16-12-17(24(27)28)14-18(13-16)26(2)25(29)30-15-23-21-10-6-4-8-19(21)20-9-5-7-11-22(20)23/h1,4-14,23H,15H2,2H3,(H,27,28). The SMILES string of the molecule is C#Cc1cc(C(=O)O)cc(N(C)C(=O)OCC2c3ccccc3-c3ccccc32)c1. The average molecular weight is 397 g/mol. The highest BCUT2D eigenvalue weighted by atomic mass is 16.6. The molecule has 5 heteroatoms. The number of carboxylic acids is 1. The van der Waals surface area contributed by atoms with Crippen molar-refractivity contribution in [2.75, 3.05) is 18.6 Å². The molecule has 1 amide bonds. The number of aromatic carboxylic acids is 1. The minimum Gasteiger partial charge on any atom is -0.478 e. The van der Waals surface area contributed by atoms with E-state index in [0.29, 0.717) is 11.3 Å². The molecule has 0 saturated carbocycles. The smallest absolute Gasteiger partial charge is 0.414 e. The van der Waals surface area contributed by atoms with Gasteiger partial charge in [0.05, 0.1) is 5.56 Å². The molecular weight excluding hydrogens is 378 g/mol. The number of anilines is 1. The Labute approximate surface area is 174 Å². The van der Waals surface area contributed by atoms with Crippen LogP contribution in [-0.4, -0.2) is 30.8 Å². The highest BCUT2D eigenvalue weighted by molar-refractivity contribution is 5.93. The van der Waals surface area contributed by atoms with E-state index in [2.05, 4.69) is 18.1 Å². The van der Waals surface area contributed by atoms with Crippen molar-refractivity contribution in [3.8, 4) is 23.5 Å². The summed E-state index contributed by atoms with van der Waals surface area (Å²) in [7, 11) is 1.53. The van der Waals surface area contributed by atoms with Crippen molar-refractivity contribution in [2.45, 2.75) is 5.92 Å². The summed E-state index contributed by atoms with van der Waals surface area (Å²) in [6, 6.07) is 20.5. The molecule has 0 heterocycles. The number of terminal acetylenes is 1. The molecule has 30 heavy (non-hydrogen) atoms. The molecule has 0 radical (unpaired) electrons. The molecule has 1 N–H and O–H groups in total. The summed E-state index contributed by atoms with van der Waals surface area (Å²) >= 11 is 0. The van der Waals surface area contributed by atoms with Crippen LogP contribution in [0.1, 0.15) is 33.0 Å². The Hall–Kier alpha value is -4.04. The molecule has 0 fully saturated rings. The van der Waals surface area contributed by atoms with Crippen molar-refractivity contribution in [3.05, 3.63) is 89.0 Å². The van der Waals surface area contributed by atoms with Crippen molar-refractivity contribution in [1.29, 1.82) is 0 Å². The average Bonchev–Trinajstić information content (AvgIpc) is 3.10. The second-order valence-electron chi connectivity index (χ2n) is 7.08. The monoisotopic (exact) mass is 397 g/mol. The molecule has 0 unspecified atom stereocenters. The van der Waals surface area contributed by atoms with Crippen molar-refractivity contribution in [1.82, 2.24) is 0 Å². The third kappa shape index (κ3) is 3.40. The Morgan fingerprint density at radius 1 is 1.03 bits per heavy atom. The van der Waals surface area contributed by atoms with Gasteiger partial charge in [-0.05, 0) is 40.5 Å². The van der Waals surface area contributed by atoms with E-state index in [1.807, 2.05) is 36.4 Å². The Morgan fingerprint density at radius 2 is 1.63 bits per heavy atom. The van der Waals surface area contributed by atoms with Crippen LogP contribution in [0.3, 0.4) is 0 Å². The van der Waals surface area contributed by atoms with Gasteiger partial charge in [0.15, 0.2) is 0 Å². The summed E-state index contributed by atoms with van der Waals surface area (Å²) in [5, 5.41) is 9.28. The van der Waals surface area contributed by atoms with Crippen LogP contribution in [0, 0.1) is 12.3 Å². The fraction of sp³-hybridized carbons (Fsp3) is 0.120. The minimum atomic E-state index is -1.12. The highest BCUT2D eigenvalue weighted by Crippen LogP contribution is 2.44. The van der Waals surface area contributed by atoms with Crippen LogP contribution in [0.2, 0.25) is 0 Å². The predicted molar refractivity (Wildman–Crippen MR) is 115 cm³/mol. The number of carbonyl (C=O) groups is 2. The van der Waals surface area contributed by atoms with Crippen LogP contribution in [0.5, 0.6) is 0 Å². The molecule has 3 aromatic carbocycles. The second kappa shape index (κ2) is 7.76. The Morgan fingerprint density at radius 3 is 2.20 bits per heavy atom. The van der Waals surface area contributed by atoms with Gasteiger partial charge in [-0.25, -0.2) is 9.59 Å². The summed E-state index contributed by atoms with van der Waals surface area (Å²) in [6.07, 6.45) is 4.84. The maximum absolute atomic E-state index is 12.7. The summed E-state index contributed by atoms with van der Waals surface area (Å²) < 4.78 is 5.62. The van der Waals surface area contributed by atoms with Gasteiger partial charge in [-0.1, -0.05) is 54.5 Å². The zero-order chi connectivity index (χ0) is 21.3. The summed E-state index contributed by atoms with van der Waals surface area (Å²) in [5.41, 5.74) is 5.29. The fourth-order valence-electron chi connectivity index (χ4n) is 3.81. The zero-order valence-electron chi connectivity index (χ0n) is 16.3. The van der Waals surface area contributed by atoms with E-state index in [1.165, 1.54) is 24.1 Å². The van der Waals surface area contributed by atoms with Crippen LogP contribution in [-0.2, 0) is 4.74 Å². The maximum atomic E-state index is 12.7. The van der Waals surface area contributed by atoms with Gasteiger partial charge in [-0.2, -0.15) is 0 Å². The maximum Gasteiger partial charge on any atom is 0.414 e. The molecule has 1 aliphatic rings. The van der Waals surface area contributed by atoms with E-state index in [4.69, 9.17) is 11.2 Å². The van der Waals surface area contributed by atoms with Crippen LogP contribution < -0.4 is 4.90 Å². The van der Waals surface area contributed by atoms with Gasteiger partial charge in [0.25, 0.3) is 0 Å². The first kappa shape index (κ1) is 19.3. The number of hydrogen-bond donors (Lipinski definition) is 1. The zero-order valence-corrected chi connectivity index (χ0v) is 16.3. The van der Waals surface area contributed by atoms with Crippen molar-refractivity contribution >= 4 is 17.7 Å². The molecule has 0 aromatic heterocycles. The third-order valence-electron chi connectivity index (χ3n) is 5.33. The number of fused-ring (bicyclic) bond motifs is 3. The number of rotatable bonds is 4. The summed E-state index contributed by atoms with van der Waals surface area (Å²) in [6.45, 7) is 0.178. The Balaban J connectivity index is 1.55. The van der Waals surface area contributed by atoms with E-state index in [1.54, 1.807) is 6.07 Å². The molecule has 148 valence electrons.